The first-order valence-electron chi connectivity index (χ1n) is 6.87. The van der Waals surface area contributed by atoms with Crippen LogP contribution in [-0.2, 0) is 14.8 Å². The molecule has 0 unspecified atom stereocenters. The molecule has 2 rings (SSSR count). The van der Waals surface area contributed by atoms with Crippen LogP contribution in [0.5, 0.6) is 0 Å². The van der Waals surface area contributed by atoms with Gasteiger partial charge in [-0.1, -0.05) is 13.8 Å². The van der Waals surface area contributed by atoms with Crippen LogP contribution < -0.4 is 5.32 Å². The van der Waals surface area contributed by atoms with Crippen molar-refractivity contribution in [1.82, 2.24) is 9.62 Å². The number of nitrogens with zero attached hydrogens (tertiary/aromatic N) is 1. The van der Waals surface area contributed by atoms with E-state index in [0.717, 1.165) is 0 Å². The molecular weight excluding hydrogens is 296 g/mol. The van der Waals surface area contributed by atoms with Gasteiger partial charge in [0.2, 0.25) is 5.09 Å². The molecular formula is C13H20N2O5S. The SMILES string of the molecule is CC(C)CNC(=O)c1ccc(S(=O)(=O)N2CCOCC2)o1. The lowest BCUT2D eigenvalue weighted by atomic mass is 10.2. The van der Waals surface area contributed by atoms with E-state index in [2.05, 4.69) is 5.32 Å². The summed E-state index contributed by atoms with van der Waals surface area (Å²) in [5.41, 5.74) is 0. The summed E-state index contributed by atoms with van der Waals surface area (Å²) in [4.78, 5) is 11.8. The zero-order valence-electron chi connectivity index (χ0n) is 12.2. The highest BCUT2D eigenvalue weighted by molar-refractivity contribution is 7.89. The van der Waals surface area contributed by atoms with Crippen LogP contribution in [0.3, 0.4) is 0 Å². The lowest BCUT2D eigenvalue weighted by Gasteiger charge is -2.24. The third-order valence-corrected chi connectivity index (χ3v) is 4.81. The summed E-state index contributed by atoms with van der Waals surface area (Å²) < 4.78 is 36.3. The van der Waals surface area contributed by atoms with E-state index < -0.39 is 15.9 Å². The number of amides is 1. The maximum atomic E-state index is 12.3. The van der Waals surface area contributed by atoms with Crippen molar-refractivity contribution in [1.29, 1.82) is 0 Å². The van der Waals surface area contributed by atoms with E-state index >= 15 is 0 Å². The summed E-state index contributed by atoms with van der Waals surface area (Å²) >= 11 is 0. The molecule has 8 heteroatoms. The summed E-state index contributed by atoms with van der Waals surface area (Å²) in [6, 6.07) is 2.69. The van der Waals surface area contributed by atoms with Gasteiger partial charge < -0.3 is 14.5 Å². The van der Waals surface area contributed by atoms with E-state index in [0.29, 0.717) is 25.7 Å². The molecule has 21 heavy (non-hydrogen) atoms. The lowest BCUT2D eigenvalue weighted by molar-refractivity contribution is 0.0722. The number of hydrogen-bond acceptors (Lipinski definition) is 5. The molecule has 0 aliphatic carbocycles. The third kappa shape index (κ3) is 3.84. The molecule has 118 valence electrons. The summed E-state index contributed by atoms with van der Waals surface area (Å²) in [6.07, 6.45) is 0. The molecule has 1 aliphatic rings. The quantitative estimate of drug-likeness (QED) is 0.863. The molecule has 0 radical (unpaired) electrons. The van der Waals surface area contributed by atoms with Gasteiger partial charge in [0.1, 0.15) is 0 Å². The second kappa shape index (κ2) is 6.59. The van der Waals surface area contributed by atoms with Crippen molar-refractivity contribution >= 4 is 15.9 Å². The van der Waals surface area contributed by atoms with Gasteiger partial charge in [-0.25, -0.2) is 8.42 Å². The summed E-state index contributed by atoms with van der Waals surface area (Å²) in [5, 5.41) is 2.47. The minimum Gasteiger partial charge on any atom is -0.438 e. The Morgan fingerprint density at radius 1 is 1.33 bits per heavy atom. The monoisotopic (exact) mass is 316 g/mol. The van der Waals surface area contributed by atoms with Crippen LogP contribution in [0.2, 0.25) is 0 Å². The second-order valence-corrected chi connectivity index (χ2v) is 7.11. The Kier molecular flexibility index (Phi) is 5.02. The first kappa shape index (κ1) is 16.0. The number of sulfonamides is 1. The molecule has 1 aromatic heterocycles. The van der Waals surface area contributed by atoms with Crippen molar-refractivity contribution in [3.8, 4) is 0 Å². The number of ether oxygens (including phenoxy) is 1. The average Bonchev–Trinajstić information content (AvgIpc) is 2.96. The first-order chi connectivity index (χ1) is 9.91. The standard InChI is InChI=1S/C13H20N2O5S/c1-10(2)9-14-13(16)11-3-4-12(20-11)21(17,18)15-5-7-19-8-6-15/h3-4,10H,5-9H2,1-2H3,(H,14,16). The van der Waals surface area contributed by atoms with Crippen LogP contribution in [0.1, 0.15) is 24.4 Å². The van der Waals surface area contributed by atoms with Crippen LogP contribution in [0.25, 0.3) is 0 Å². The normalized spacial score (nSPS) is 17.1. The molecule has 0 atom stereocenters. The molecule has 1 aliphatic heterocycles. The second-order valence-electron chi connectivity index (χ2n) is 5.24. The molecule has 1 N–H and O–H groups in total. The van der Waals surface area contributed by atoms with E-state index in [-0.39, 0.29) is 23.9 Å². The highest BCUT2D eigenvalue weighted by Gasteiger charge is 2.29. The van der Waals surface area contributed by atoms with Gasteiger partial charge in [0.15, 0.2) is 5.76 Å². The average molecular weight is 316 g/mol. The van der Waals surface area contributed by atoms with Crippen molar-refractivity contribution in [2.24, 2.45) is 5.92 Å². The Balaban J connectivity index is 2.09. The molecule has 2 heterocycles. The Labute approximate surface area is 124 Å². The van der Waals surface area contributed by atoms with Gasteiger partial charge in [0.05, 0.1) is 13.2 Å². The number of morpholine rings is 1. The van der Waals surface area contributed by atoms with Crippen molar-refractivity contribution in [3.63, 3.8) is 0 Å². The van der Waals surface area contributed by atoms with Gasteiger partial charge in [-0.15, -0.1) is 0 Å². The minimum absolute atomic E-state index is 0.00230. The molecule has 1 saturated heterocycles. The van der Waals surface area contributed by atoms with Crippen LogP contribution in [0, 0.1) is 5.92 Å². The van der Waals surface area contributed by atoms with E-state index in [1.165, 1.54) is 16.4 Å². The van der Waals surface area contributed by atoms with E-state index in [9.17, 15) is 13.2 Å². The highest BCUT2D eigenvalue weighted by Crippen LogP contribution is 2.19. The highest BCUT2D eigenvalue weighted by atomic mass is 32.2. The van der Waals surface area contributed by atoms with Crippen molar-refractivity contribution in [3.05, 3.63) is 17.9 Å². The number of rotatable bonds is 5. The van der Waals surface area contributed by atoms with Crippen LogP contribution in [0.15, 0.2) is 21.6 Å². The van der Waals surface area contributed by atoms with E-state index in [1.807, 2.05) is 13.8 Å². The number of carbonyl (C=O) groups is 1. The van der Waals surface area contributed by atoms with Gasteiger partial charge in [-0.3, -0.25) is 4.79 Å². The van der Waals surface area contributed by atoms with Gasteiger partial charge in [0, 0.05) is 19.6 Å². The Morgan fingerprint density at radius 3 is 2.62 bits per heavy atom. The lowest BCUT2D eigenvalue weighted by Crippen LogP contribution is -2.40. The fraction of sp³-hybridized carbons (Fsp3) is 0.615. The molecule has 7 nitrogen and oxygen atoms in total. The van der Waals surface area contributed by atoms with Crippen LogP contribution in [-0.4, -0.2) is 51.5 Å². The Bertz CT molecular complexity index is 587. The maximum Gasteiger partial charge on any atom is 0.287 e. The van der Waals surface area contributed by atoms with E-state index in [4.69, 9.17) is 9.15 Å². The molecule has 0 spiro atoms. The zero-order chi connectivity index (χ0) is 15.5. The Hall–Kier alpha value is -1.38. The largest absolute Gasteiger partial charge is 0.438 e. The fourth-order valence-electron chi connectivity index (χ4n) is 1.88. The molecule has 0 saturated carbocycles. The van der Waals surface area contributed by atoms with Crippen molar-refractivity contribution in [2.75, 3.05) is 32.8 Å². The molecule has 1 fully saturated rings. The van der Waals surface area contributed by atoms with Crippen molar-refractivity contribution in [2.45, 2.75) is 18.9 Å². The third-order valence-electron chi connectivity index (χ3n) is 3.04. The van der Waals surface area contributed by atoms with E-state index in [1.54, 1.807) is 0 Å². The van der Waals surface area contributed by atoms with Crippen molar-refractivity contribution < 1.29 is 22.4 Å². The summed E-state index contributed by atoms with van der Waals surface area (Å²) in [6.45, 7) is 5.75. The number of nitrogens with one attached hydrogen (secondary N) is 1. The molecule has 0 aromatic carbocycles. The van der Waals surface area contributed by atoms with Gasteiger partial charge in [-0.2, -0.15) is 4.31 Å². The van der Waals surface area contributed by atoms with Crippen LogP contribution >= 0.6 is 0 Å². The number of furan rings is 1. The number of carbonyl (C=O) groups excluding carboxylic acids is 1. The Morgan fingerprint density at radius 2 is 2.00 bits per heavy atom. The van der Waals surface area contributed by atoms with Gasteiger partial charge >= 0.3 is 0 Å². The van der Waals surface area contributed by atoms with Gasteiger partial charge in [-0.05, 0) is 18.1 Å². The predicted molar refractivity (Wildman–Crippen MR) is 75.5 cm³/mol. The minimum atomic E-state index is -3.70. The summed E-state index contributed by atoms with van der Waals surface area (Å²) in [7, 11) is -3.70. The fourth-order valence-corrected chi connectivity index (χ4v) is 3.20. The topological polar surface area (TPSA) is 88.9 Å². The first-order valence-corrected chi connectivity index (χ1v) is 8.31. The van der Waals surface area contributed by atoms with Crippen LogP contribution in [0.4, 0.5) is 0 Å². The number of hydrogen-bond donors (Lipinski definition) is 1. The maximum absolute atomic E-state index is 12.3. The van der Waals surface area contributed by atoms with Gasteiger partial charge in [0.25, 0.3) is 15.9 Å². The summed E-state index contributed by atoms with van der Waals surface area (Å²) in [5.74, 6) is -0.102. The molecule has 1 aromatic rings. The molecule has 1 amide bonds. The smallest absolute Gasteiger partial charge is 0.287 e. The predicted octanol–water partition coefficient (Wildman–Crippen LogP) is 0.686. The molecule has 0 bridgehead atoms. The zero-order valence-corrected chi connectivity index (χ0v) is 13.0.